The predicted octanol–water partition coefficient (Wildman–Crippen LogP) is -2.37. The molecule has 0 fully saturated rings. The molecule has 0 aromatic heterocycles. The van der Waals surface area contributed by atoms with E-state index in [4.69, 9.17) is 22.3 Å². The molecule has 0 heterocycles. The van der Waals surface area contributed by atoms with Crippen LogP contribution in [0.2, 0.25) is 0 Å². The van der Waals surface area contributed by atoms with Crippen LogP contribution in [0, 0.1) is 0 Å². The van der Waals surface area contributed by atoms with Crippen LogP contribution in [0.1, 0.15) is 6.92 Å². The van der Waals surface area contributed by atoms with Gasteiger partial charge in [-0.05, 0) is 6.92 Å². The monoisotopic (exact) mass is 178 g/mol. The lowest BCUT2D eigenvalue weighted by Crippen LogP contribution is -2.67. The molecule has 0 aliphatic rings. The van der Waals surface area contributed by atoms with Crippen LogP contribution in [0.5, 0.6) is 0 Å². The van der Waals surface area contributed by atoms with Crippen molar-refractivity contribution < 1.29 is 10.3 Å². The zero-order valence-corrected chi connectivity index (χ0v) is 7.27. The van der Waals surface area contributed by atoms with E-state index in [1.54, 1.807) is 6.92 Å². The third kappa shape index (κ3) is 2.37. The van der Waals surface area contributed by atoms with Gasteiger partial charge < -0.3 is 27.5 Å². The molecule has 0 aromatic carbocycles. The standard InChI is InChI=1S/C6H18N4O2/c1-5(8)6(9,4-11)10(12)3-2-7/h5,11-12H,2-4,7-9H2,1H3. The molecular formula is C6H18N4O2. The van der Waals surface area contributed by atoms with E-state index in [1.807, 2.05) is 0 Å². The van der Waals surface area contributed by atoms with Crippen molar-refractivity contribution in [2.45, 2.75) is 18.6 Å². The Morgan fingerprint density at radius 3 is 2.33 bits per heavy atom. The fraction of sp³-hybridized carbons (Fsp3) is 1.00. The second-order valence-electron chi connectivity index (χ2n) is 2.85. The Balaban J connectivity index is 4.29. The third-order valence-electron chi connectivity index (χ3n) is 1.86. The molecule has 0 amide bonds. The van der Waals surface area contributed by atoms with Gasteiger partial charge in [0, 0.05) is 19.1 Å². The molecule has 6 nitrogen and oxygen atoms in total. The highest BCUT2D eigenvalue weighted by atomic mass is 16.5. The Morgan fingerprint density at radius 1 is 1.58 bits per heavy atom. The molecule has 74 valence electrons. The van der Waals surface area contributed by atoms with E-state index in [9.17, 15) is 5.21 Å². The number of hydroxylamine groups is 2. The topological polar surface area (TPSA) is 122 Å². The Hall–Kier alpha value is -0.240. The normalized spacial score (nSPS) is 19.2. The second kappa shape index (κ2) is 4.70. The van der Waals surface area contributed by atoms with Crippen molar-refractivity contribution in [2.75, 3.05) is 19.7 Å². The summed E-state index contributed by atoms with van der Waals surface area (Å²) in [7, 11) is 0. The third-order valence-corrected chi connectivity index (χ3v) is 1.86. The van der Waals surface area contributed by atoms with Gasteiger partial charge in [0.2, 0.25) is 0 Å². The smallest absolute Gasteiger partial charge is 0.131 e. The molecule has 2 unspecified atom stereocenters. The van der Waals surface area contributed by atoms with Crippen molar-refractivity contribution in [3.05, 3.63) is 0 Å². The van der Waals surface area contributed by atoms with Gasteiger partial charge in [-0.3, -0.25) is 0 Å². The van der Waals surface area contributed by atoms with E-state index in [0.717, 1.165) is 5.06 Å². The molecule has 2 atom stereocenters. The first-order chi connectivity index (χ1) is 5.49. The van der Waals surface area contributed by atoms with Gasteiger partial charge >= 0.3 is 0 Å². The summed E-state index contributed by atoms with van der Waals surface area (Å²) in [6.45, 7) is 1.62. The first kappa shape index (κ1) is 11.8. The summed E-state index contributed by atoms with van der Waals surface area (Å²) in [5.74, 6) is 0. The fourth-order valence-electron chi connectivity index (χ4n) is 0.791. The highest BCUT2D eigenvalue weighted by Crippen LogP contribution is 2.08. The van der Waals surface area contributed by atoms with Gasteiger partial charge in [0.05, 0.1) is 6.61 Å². The summed E-state index contributed by atoms with van der Waals surface area (Å²) in [5.41, 5.74) is 15.0. The quantitative estimate of drug-likeness (QED) is 0.237. The number of hydrogen-bond acceptors (Lipinski definition) is 6. The van der Waals surface area contributed by atoms with Gasteiger partial charge in [-0.15, -0.1) is 0 Å². The van der Waals surface area contributed by atoms with Crippen LogP contribution in [0.15, 0.2) is 0 Å². The number of nitrogens with zero attached hydrogens (tertiary/aromatic N) is 1. The lowest BCUT2D eigenvalue weighted by atomic mass is 10.0. The van der Waals surface area contributed by atoms with E-state index >= 15 is 0 Å². The first-order valence-electron chi connectivity index (χ1n) is 3.81. The van der Waals surface area contributed by atoms with Crippen LogP contribution >= 0.6 is 0 Å². The fourth-order valence-corrected chi connectivity index (χ4v) is 0.791. The molecule has 6 heteroatoms. The summed E-state index contributed by atoms with van der Waals surface area (Å²) in [5, 5.41) is 19.0. The minimum atomic E-state index is -1.31. The molecule has 0 spiro atoms. The van der Waals surface area contributed by atoms with Crippen LogP contribution in [-0.2, 0) is 0 Å². The zero-order chi connectivity index (χ0) is 9.78. The molecule has 0 bridgehead atoms. The molecule has 0 aliphatic carbocycles. The largest absolute Gasteiger partial charge is 0.393 e. The maximum absolute atomic E-state index is 9.33. The van der Waals surface area contributed by atoms with Crippen molar-refractivity contribution >= 4 is 0 Å². The van der Waals surface area contributed by atoms with Gasteiger partial charge in [0.1, 0.15) is 5.66 Å². The van der Waals surface area contributed by atoms with Gasteiger partial charge in [-0.1, -0.05) is 0 Å². The molecule has 12 heavy (non-hydrogen) atoms. The number of aliphatic hydroxyl groups excluding tert-OH is 1. The minimum absolute atomic E-state index is 0.179. The van der Waals surface area contributed by atoms with Gasteiger partial charge in [0.15, 0.2) is 0 Å². The Labute approximate surface area is 71.9 Å². The van der Waals surface area contributed by atoms with E-state index in [2.05, 4.69) is 0 Å². The molecule has 0 saturated carbocycles. The van der Waals surface area contributed by atoms with E-state index in [1.165, 1.54) is 0 Å². The van der Waals surface area contributed by atoms with Crippen molar-refractivity contribution in [3.8, 4) is 0 Å². The minimum Gasteiger partial charge on any atom is -0.393 e. The SMILES string of the molecule is CC(N)C(N)(CO)N(O)CCN. The molecule has 0 saturated heterocycles. The summed E-state index contributed by atoms with van der Waals surface area (Å²) in [4.78, 5) is 0. The summed E-state index contributed by atoms with van der Waals surface area (Å²) in [6.07, 6.45) is 0. The molecular weight excluding hydrogens is 160 g/mol. The van der Waals surface area contributed by atoms with E-state index in [0.29, 0.717) is 0 Å². The number of hydrogen-bond donors (Lipinski definition) is 5. The van der Waals surface area contributed by atoms with Gasteiger partial charge in [0.25, 0.3) is 0 Å². The Bertz CT molecular complexity index is 133. The number of aliphatic hydroxyl groups is 1. The average molecular weight is 178 g/mol. The van der Waals surface area contributed by atoms with Crippen LogP contribution in [0.4, 0.5) is 0 Å². The summed E-state index contributed by atoms with van der Waals surface area (Å²) in [6, 6.07) is -0.543. The molecule has 8 N–H and O–H groups in total. The van der Waals surface area contributed by atoms with Crippen LogP contribution in [0.25, 0.3) is 0 Å². The van der Waals surface area contributed by atoms with Crippen LogP contribution in [-0.4, -0.2) is 46.8 Å². The number of rotatable bonds is 5. The maximum Gasteiger partial charge on any atom is 0.131 e. The molecule has 0 rings (SSSR count). The maximum atomic E-state index is 9.33. The highest BCUT2D eigenvalue weighted by molar-refractivity contribution is 4.87. The lowest BCUT2D eigenvalue weighted by Gasteiger charge is -2.37. The number of nitrogens with two attached hydrogens (primary N) is 3. The van der Waals surface area contributed by atoms with E-state index < -0.39 is 18.3 Å². The lowest BCUT2D eigenvalue weighted by molar-refractivity contribution is -0.189. The summed E-state index contributed by atoms with van der Waals surface area (Å²) < 4.78 is 0. The van der Waals surface area contributed by atoms with E-state index in [-0.39, 0.29) is 13.1 Å². The molecule has 0 aliphatic heterocycles. The van der Waals surface area contributed by atoms with Crippen LogP contribution < -0.4 is 17.2 Å². The van der Waals surface area contributed by atoms with Crippen molar-refractivity contribution in [2.24, 2.45) is 17.2 Å². The van der Waals surface area contributed by atoms with Crippen molar-refractivity contribution in [1.82, 2.24) is 5.06 Å². The Kier molecular flexibility index (Phi) is 4.61. The highest BCUT2D eigenvalue weighted by Gasteiger charge is 2.34. The zero-order valence-electron chi connectivity index (χ0n) is 7.27. The van der Waals surface area contributed by atoms with Gasteiger partial charge in [-0.2, -0.15) is 5.06 Å². The van der Waals surface area contributed by atoms with Crippen molar-refractivity contribution in [1.29, 1.82) is 0 Å². The first-order valence-corrected chi connectivity index (χ1v) is 3.81. The van der Waals surface area contributed by atoms with Crippen LogP contribution in [0.3, 0.4) is 0 Å². The predicted molar refractivity (Wildman–Crippen MR) is 45.2 cm³/mol. The second-order valence-corrected chi connectivity index (χ2v) is 2.85. The Morgan fingerprint density at radius 2 is 2.08 bits per heavy atom. The van der Waals surface area contributed by atoms with Gasteiger partial charge in [-0.25, -0.2) is 0 Å². The average Bonchev–Trinajstić information content (AvgIpc) is 2.03. The molecule has 0 aromatic rings. The molecule has 0 radical (unpaired) electrons. The van der Waals surface area contributed by atoms with Crippen molar-refractivity contribution in [3.63, 3.8) is 0 Å². The summed E-state index contributed by atoms with van der Waals surface area (Å²) >= 11 is 0.